The topological polar surface area (TPSA) is 90.9 Å². The van der Waals surface area contributed by atoms with E-state index in [4.69, 9.17) is 9.47 Å². The highest BCUT2D eigenvalue weighted by Gasteiger charge is 2.26. The number of benzene rings is 1. The van der Waals surface area contributed by atoms with Gasteiger partial charge in [0, 0.05) is 0 Å². The van der Waals surface area contributed by atoms with Gasteiger partial charge in [0.2, 0.25) is 0 Å². The smallest absolute Gasteiger partial charge is 0.337 e. The minimum Gasteiger partial charge on any atom is -0.484 e. The summed E-state index contributed by atoms with van der Waals surface area (Å²) in [4.78, 5) is 35.0. The van der Waals surface area contributed by atoms with Gasteiger partial charge in [-0.3, -0.25) is 4.79 Å². The molecule has 1 aromatic rings. The van der Waals surface area contributed by atoms with E-state index in [1.54, 1.807) is 12.1 Å². The second-order valence-corrected chi connectivity index (χ2v) is 5.26. The molecule has 0 saturated heterocycles. The van der Waals surface area contributed by atoms with Crippen molar-refractivity contribution in [1.29, 1.82) is 0 Å². The van der Waals surface area contributed by atoms with Crippen molar-refractivity contribution >= 4 is 17.8 Å². The van der Waals surface area contributed by atoms with Crippen LogP contribution >= 0.6 is 0 Å². The first-order valence-corrected chi connectivity index (χ1v) is 7.61. The van der Waals surface area contributed by atoms with Crippen LogP contribution in [0, 0.1) is 5.92 Å². The van der Waals surface area contributed by atoms with E-state index in [1.165, 1.54) is 26.4 Å². The fraction of sp³-hybridized carbons (Fsp3) is 0.471. The molecule has 0 fully saturated rings. The molecular formula is C17H23NO6. The molecule has 1 aromatic carbocycles. The average Bonchev–Trinajstić information content (AvgIpc) is 2.62. The summed E-state index contributed by atoms with van der Waals surface area (Å²) in [6.07, 6.45) is 0.718. The van der Waals surface area contributed by atoms with Crippen LogP contribution in [0.15, 0.2) is 24.3 Å². The Morgan fingerprint density at radius 3 is 2.21 bits per heavy atom. The summed E-state index contributed by atoms with van der Waals surface area (Å²) >= 11 is 0. The Morgan fingerprint density at radius 2 is 1.71 bits per heavy atom. The molecule has 1 amide bonds. The van der Waals surface area contributed by atoms with E-state index in [0.29, 0.717) is 11.3 Å². The van der Waals surface area contributed by atoms with Crippen molar-refractivity contribution < 1.29 is 28.6 Å². The maximum Gasteiger partial charge on any atom is 0.337 e. The van der Waals surface area contributed by atoms with Crippen molar-refractivity contribution in [3.05, 3.63) is 29.8 Å². The predicted molar refractivity (Wildman–Crippen MR) is 86.7 cm³/mol. The van der Waals surface area contributed by atoms with E-state index in [1.807, 2.05) is 13.8 Å². The van der Waals surface area contributed by atoms with Gasteiger partial charge in [-0.05, 0) is 30.2 Å². The van der Waals surface area contributed by atoms with Gasteiger partial charge < -0.3 is 19.5 Å². The van der Waals surface area contributed by atoms with Gasteiger partial charge in [-0.2, -0.15) is 0 Å². The summed E-state index contributed by atoms with van der Waals surface area (Å²) in [5.74, 6) is -0.992. The van der Waals surface area contributed by atoms with Gasteiger partial charge in [0.25, 0.3) is 5.91 Å². The van der Waals surface area contributed by atoms with E-state index in [2.05, 4.69) is 10.1 Å². The molecule has 0 aliphatic rings. The molecule has 1 N–H and O–H groups in total. The standard InChI is InChI=1S/C17H23NO6/c1-5-11(2)15(17(21)23-4)18-14(19)10-24-13-8-6-12(7-9-13)16(20)22-3/h6-9,11,15H,5,10H2,1-4H3,(H,18,19)/t11-,15-/m0/s1. The van der Waals surface area contributed by atoms with Gasteiger partial charge >= 0.3 is 11.9 Å². The molecule has 132 valence electrons. The zero-order valence-corrected chi connectivity index (χ0v) is 14.3. The predicted octanol–water partition coefficient (Wildman–Crippen LogP) is 1.56. The second kappa shape index (κ2) is 9.54. The lowest BCUT2D eigenvalue weighted by molar-refractivity contribution is -0.146. The minimum atomic E-state index is -0.710. The summed E-state index contributed by atoms with van der Waals surface area (Å²) in [6, 6.07) is 5.49. The summed E-state index contributed by atoms with van der Waals surface area (Å²) in [6.45, 7) is 3.53. The van der Waals surface area contributed by atoms with Crippen LogP contribution in [0.5, 0.6) is 5.75 Å². The number of carbonyl (C=O) groups is 3. The zero-order valence-electron chi connectivity index (χ0n) is 14.3. The van der Waals surface area contributed by atoms with Crippen molar-refractivity contribution in [2.24, 2.45) is 5.92 Å². The van der Waals surface area contributed by atoms with E-state index in [0.717, 1.165) is 6.42 Å². The van der Waals surface area contributed by atoms with Crippen LogP contribution in [-0.2, 0) is 19.1 Å². The van der Waals surface area contributed by atoms with E-state index < -0.39 is 23.9 Å². The molecule has 0 aromatic heterocycles. The van der Waals surface area contributed by atoms with Crippen LogP contribution in [0.4, 0.5) is 0 Å². The summed E-state index contributed by atoms with van der Waals surface area (Å²) in [5, 5.41) is 2.61. The lowest BCUT2D eigenvalue weighted by Gasteiger charge is -2.21. The molecule has 0 spiro atoms. The van der Waals surface area contributed by atoms with Gasteiger partial charge in [-0.15, -0.1) is 0 Å². The van der Waals surface area contributed by atoms with Crippen molar-refractivity contribution in [2.45, 2.75) is 26.3 Å². The molecule has 0 unspecified atom stereocenters. The van der Waals surface area contributed by atoms with Crippen LogP contribution in [0.3, 0.4) is 0 Å². The monoisotopic (exact) mass is 337 g/mol. The number of hydrogen-bond acceptors (Lipinski definition) is 6. The Morgan fingerprint density at radius 1 is 1.08 bits per heavy atom. The first-order chi connectivity index (χ1) is 11.4. The Hall–Kier alpha value is -2.57. The molecule has 0 radical (unpaired) electrons. The molecule has 0 aliphatic carbocycles. The van der Waals surface area contributed by atoms with Crippen molar-refractivity contribution in [2.75, 3.05) is 20.8 Å². The van der Waals surface area contributed by atoms with Gasteiger partial charge in [0.1, 0.15) is 11.8 Å². The first-order valence-electron chi connectivity index (χ1n) is 7.61. The highest BCUT2D eigenvalue weighted by molar-refractivity contribution is 5.89. The molecule has 2 atom stereocenters. The minimum absolute atomic E-state index is 0.0549. The van der Waals surface area contributed by atoms with E-state index >= 15 is 0 Å². The lowest BCUT2D eigenvalue weighted by Crippen LogP contribution is -2.47. The van der Waals surface area contributed by atoms with Crippen LogP contribution in [0.1, 0.15) is 30.6 Å². The van der Waals surface area contributed by atoms with Gasteiger partial charge in [-0.1, -0.05) is 20.3 Å². The first kappa shape index (κ1) is 19.5. The zero-order chi connectivity index (χ0) is 18.1. The third-order valence-corrected chi connectivity index (χ3v) is 3.63. The van der Waals surface area contributed by atoms with Crippen molar-refractivity contribution in [3.63, 3.8) is 0 Å². The highest BCUT2D eigenvalue weighted by Crippen LogP contribution is 2.13. The van der Waals surface area contributed by atoms with Crippen LogP contribution in [0.2, 0.25) is 0 Å². The summed E-state index contributed by atoms with van der Waals surface area (Å²) in [5.41, 5.74) is 0.386. The molecule has 0 heterocycles. The van der Waals surface area contributed by atoms with E-state index in [-0.39, 0.29) is 12.5 Å². The van der Waals surface area contributed by atoms with Gasteiger partial charge in [0.15, 0.2) is 6.61 Å². The Labute approximate surface area is 141 Å². The molecule has 0 saturated carbocycles. The van der Waals surface area contributed by atoms with Crippen LogP contribution in [0.25, 0.3) is 0 Å². The second-order valence-electron chi connectivity index (χ2n) is 5.26. The van der Waals surface area contributed by atoms with Gasteiger partial charge in [-0.25, -0.2) is 9.59 Å². The van der Waals surface area contributed by atoms with Gasteiger partial charge in [0.05, 0.1) is 19.8 Å². The summed E-state index contributed by atoms with van der Waals surface area (Å²) < 4.78 is 14.7. The highest BCUT2D eigenvalue weighted by atomic mass is 16.5. The quantitative estimate of drug-likeness (QED) is 0.724. The van der Waals surface area contributed by atoms with Crippen molar-refractivity contribution in [3.8, 4) is 5.75 Å². The third kappa shape index (κ3) is 5.57. The Kier molecular flexibility index (Phi) is 7.74. The SMILES string of the molecule is CC[C@H](C)[C@H](NC(=O)COc1ccc(C(=O)OC)cc1)C(=O)OC. The molecule has 7 heteroatoms. The number of carbonyl (C=O) groups excluding carboxylic acids is 3. The third-order valence-electron chi connectivity index (χ3n) is 3.63. The molecular weight excluding hydrogens is 314 g/mol. The lowest BCUT2D eigenvalue weighted by atomic mass is 9.99. The van der Waals surface area contributed by atoms with Crippen molar-refractivity contribution in [1.82, 2.24) is 5.32 Å². The normalized spacial score (nSPS) is 12.7. The largest absolute Gasteiger partial charge is 0.484 e. The molecule has 0 aliphatic heterocycles. The number of methoxy groups -OCH3 is 2. The Balaban J connectivity index is 2.58. The molecule has 0 bridgehead atoms. The van der Waals surface area contributed by atoms with Crippen LogP contribution < -0.4 is 10.1 Å². The number of nitrogens with one attached hydrogen (secondary N) is 1. The summed E-state index contributed by atoms with van der Waals surface area (Å²) in [7, 11) is 2.58. The molecule has 24 heavy (non-hydrogen) atoms. The Bertz CT molecular complexity index is 569. The fourth-order valence-electron chi connectivity index (χ4n) is 1.97. The number of hydrogen-bond donors (Lipinski definition) is 1. The maximum atomic E-state index is 12.0. The average molecular weight is 337 g/mol. The number of amides is 1. The number of esters is 2. The van der Waals surface area contributed by atoms with Crippen LogP contribution in [-0.4, -0.2) is 44.7 Å². The number of ether oxygens (including phenoxy) is 3. The van der Waals surface area contributed by atoms with E-state index in [9.17, 15) is 14.4 Å². The molecule has 7 nitrogen and oxygen atoms in total. The fourth-order valence-corrected chi connectivity index (χ4v) is 1.97. The number of rotatable bonds is 8. The molecule has 1 rings (SSSR count). The maximum absolute atomic E-state index is 12.0.